The van der Waals surface area contributed by atoms with Gasteiger partial charge in [0.25, 0.3) is 0 Å². The summed E-state index contributed by atoms with van der Waals surface area (Å²) in [5, 5.41) is 1.14. The second-order valence-electron chi connectivity index (χ2n) is 6.54. The van der Waals surface area contributed by atoms with Crippen molar-refractivity contribution >= 4 is 16.8 Å². The third-order valence-corrected chi connectivity index (χ3v) is 5.05. The fourth-order valence-electron chi connectivity index (χ4n) is 3.82. The number of aromatic nitrogens is 1. The highest BCUT2D eigenvalue weighted by Crippen LogP contribution is 2.38. The Bertz CT molecular complexity index is 885. The van der Waals surface area contributed by atoms with Crippen molar-refractivity contribution in [2.24, 2.45) is 0 Å². The molecule has 4 heteroatoms. The molecule has 0 radical (unpaired) electrons. The van der Waals surface area contributed by atoms with Crippen LogP contribution >= 0.6 is 0 Å². The summed E-state index contributed by atoms with van der Waals surface area (Å²) in [6, 6.07) is 16.4. The minimum atomic E-state index is 0.0994. The maximum atomic E-state index is 12.7. The number of carbonyl (C=O) groups excluding carboxylic acids is 1. The van der Waals surface area contributed by atoms with E-state index in [4.69, 9.17) is 4.74 Å². The van der Waals surface area contributed by atoms with Gasteiger partial charge in [0, 0.05) is 30.1 Å². The van der Waals surface area contributed by atoms with Crippen LogP contribution < -0.4 is 4.74 Å². The molecule has 1 amide bonds. The normalized spacial score (nSPS) is 17.9. The molecule has 2 aromatic carbocycles. The fourth-order valence-corrected chi connectivity index (χ4v) is 3.82. The maximum Gasteiger partial charge on any atom is 0.223 e. The molecule has 1 aliphatic rings. The van der Waals surface area contributed by atoms with Gasteiger partial charge in [0.1, 0.15) is 5.75 Å². The molecule has 25 heavy (non-hydrogen) atoms. The third-order valence-electron chi connectivity index (χ3n) is 5.05. The number of nitrogens with zero attached hydrogens (tertiary/aromatic N) is 1. The van der Waals surface area contributed by atoms with Crippen molar-refractivity contribution in [1.82, 2.24) is 9.88 Å². The molecular formula is C21H22N2O2. The Balaban J connectivity index is 1.73. The highest BCUT2D eigenvalue weighted by Gasteiger charge is 2.31. The first-order valence-electron chi connectivity index (χ1n) is 8.75. The molecule has 1 fully saturated rings. The molecule has 0 saturated carbocycles. The van der Waals surface area contributed by atoms with Gasteiger partial charge in [-0.05, 0) is 24.5 Å². The van der Waals surface area contributed by atoms with Crippen LogP contribution in [0.25, 0.3) is 10.9 Å². The van der Waals surface area contributed by atoms with Crippen molar-refractivity contribution in [2.45, 2.75) is 31.8 Å². The van der Waals surface area contributed by atoms with Crippen LogP contribution in [0.3, 0.4) is 0 Å². The second kappa shape index (κ2) is 6.63. The molecule has 0 bridgehead atoms. The summed E-state index contributed by atoms with van der Waals surface area (Å²) in [5.41, 5.74) is 3.34. The monoisotopic (exact) mass is 334 g/mol. The zero-order valence-corrected chi connectivity index (χ0v) is 14.4. The van der Waals surface area contributed by atoms with Gasteiger partial charge in [-0.2, -0.15) is 0 Å². The van der Waals surface area contributed by atoms with Crippen molar-refractivity contribution < 1.29 is 9.53 Å². The number of hydrogen-bond donors (Lipinski definition) is 1. The van der Waals surface area contributed by atoms with E-state index in [0.717, 1.165) is 29.5 Å². The molecule has 0 aliphatic carbocycles. The number of para-hydroxylation sites is 1. The van der Waals surface area contributed by atoms with E-state index in [0.29, 0.717) is 13.0 Å². The highest BCUT2D eigenvalue weighted by atomic mass is 16.5. The number of benzene rings is 2. The summed E-state index contributed by atoms with van der Waals surface area (Å²) >= 11 is 0. The molecular weight excluding hydrogens is 312 g/mol. The fraction of sp³-hybridized carbons (Fsp3) is 0.286. The number of methoxy groups -OCH3 is 1. The molecule has 1 atom stereocenters. The van der Waals surface area contributed by atoms with Crippen LogP contribution in [0.4, 0.5) is 0 Å². The molecule has 1 N–H and O–H groups in total. The van der Waals surface area contributed by atoms with E-state index in [-0.39, 0.29) is 11.9 Å². The van der Waals surface area contributed by atoms with Gasteiger partial charge in [-0.3, -0.25) is 4.79 Å². The molecule has 1 aromatic heterocycles. The summed E-state index contributed by atoms with van der Waals surface area (Å²) in [6.45, 7) is 0.654. The van der Waals surface area contributed by atoms with Crippen LogP contribution in [0.15, 0.2) is 54.7 Å². The van der Waals surface area contributed by atoms with E-state index < -0.39 is 0 Å². The molecule has 128 valence electrons. The largest absolute Gasteiger partial charge is 0.495 e. The Morgan fingerprint density at radius 3 is 2.80 bits per heavy atom. The minimum absolute atomic E-state index is 0.0994. The van der Waals surface area contributed by atoms with E-state index in [2.05, 4.69) is 23.2 Å². The Morgan fingerprint density at radius 2 is 2.00 bits per heavy atom. The first-order valence-corrected chi connectivity index (χ1v) is 8.75. The number of ether oxygens (including phenoxy) is 1. The van der Waals surface area contributed by atoms with E-state index in [1.165, 1.54) is 11.1 Å². The number of H-pyrrole nitrogens is 1. The average Bonchev–Trinajstić information content (AvgIpc) is 3.08. The Morgan fingerprint density at radius 1 is 1.16 bits per heavy atom. The smallest absolute Gasteiger partial charge is 0.223 e. The summed E-state index contributed by atoms with van der Waals surface area (Å²) in [4.78, 5) is 18.0. The molecule has 4 rings (SSSR count). The number of piperidine rings is 1. The Hall–Kier alpha value is -2.75. The van der Waals surface area contributed by atoms with Gasteiger partial charge in [0.15, 0.2) is 0 Å². The predicted octanol–water partition coefficient (Wildman–Crippen LogP) is 4.43. The molecule has 3 aromatic rings. The van der Waals surface area contributed by atoms with Gasteiger partial charge in [-0.25, -0.2) is 0 Å². The number of rotatable bonds is 4. The first kappa shape index (κ1) is 15.8. The predicted molar refractivity (Wildman–Crippen MR) is 98.4 cm³/mol. The molecule has 4 nitrogen and oxygen atoms in total. The minimum Gasteiger partial charge on any atom is -0.495 e. The highest BCUT2D eigenvalue weighted by molar-refractivity contribution is 5.89. The third kappa shape index (κ3) is 2.88. The Labute approximate surface area is 147 Å². The van der Waals surface area contributed by atoms with Gasteiger partial charge < -0.3 is 14.6 Å². The van der Waals surface area contributed by atoms with Gasteiger partial charge >= 0.3 is 0 Å². The molecule has 0 unspecified atom stereocenters. The van der Waals surface area contributed by atoms with Gasteiger partial charge in [-0.15, -0.1) is 0 Å². The number of nitrogens with one attached hydrogen (secondary N) is 1. The van der Waals surface area contributed by atoms with E-state index in [1.807, 2.05) is 41.4 Å². The number of amides is 1. The topological polar surface area (TPSA) is 45.3 Å². The lowest BCUT2D eigenvalue weighted by Crippen LogP contribution is -2.37. The molecule has 1 aliphatic heterocycles. The first-order chi connectivity index (χ1) is 12.3. The van der Waals surface area contributed by atoms with Crippen molar-refractivity contribution in [2.75, 3.05) is 7.11 Å². The number of likely N-dealkylation sites (tertiary alicyclic amines) is 1. The van der Waals surface area contributed by atoms with Gasteiger partial charge in [-0.1, -0.05) is 42.5 Å². The lowest BCUT2D eigenvalue weighted by atomic mass is 9.93. The van der Waals surface area contributed by atoms with Crippen LogP contribution in [-0.4, -0.2) is 22.9 Å². The van der Waals surface area contributed by atoms with Crippen LogP contribution in [0.1, 0.15) is 36.4 Å². The van der Waals surface area contributed by atoms with Crippen molar-refractivity contribution in [3.8, 4) is 5.75 Å². The number of aromatic amines is 1. The number of carbonyl (C=O) groups is 1. The number of hydrogen-bond acceptors (Lipinski definition) is 2. The van der Waals surface area contributed by atoms with Crippen molar-refractivity contribution in [3.63, 3.8) is 0 Å². The molecule has 1 saturated heterocycles. The standard InChI is InChI=1S/C21H22N2O2/c1-25-19-11-5-9-16-17(13-22-21(16)19)18-10-6-12-20(24)23(18)14-15-7-3-2-4-8-15/h2-5,7-9,11,13,18,22H,6,10,12,14H2,1H3/t18-/m1/s1. The van der Waals surface area contributed by atoms with Crippen LogP contribution in [-0.2, 0) is 11.3 Å². The SMILES string of the molecule is COc1cccc2c([C@H]3CCCC(=O)N3Cc3ccccc3)c[nH]c12. The van der Waals surface area contributed by atoms with Gasteiger partial charge in [0.2, 0.25) is 5.91 Å². The van der Waals surface area contributed by atoms with Gasteiger partial charge in [0.05, 0.1) is 18.7 Å². The molecule has 0 spiro atoms. The number of fused-ring (bicyclic) bond motifs is 1. The molecule has 2 heterocycles. The summed E-state index contributed by atoms with van der Waals surface area (Å²) < 4.78 is 5.46. The average molecular weight is 334 g/mol. The van der Waals surface area contributed by atoms with Crippen molar-refractivity contribution in [1.29, 1.82) is 0 Å². The zero-order valence-electron chi connectivity index (χ0n) is 14.4. The summed E-state index contributed by atoms with van der Waals surface area (Å²) in [6.07, 6.45) is 4.59. The van der Waals surface area contributed by atoms with Crippen LogP contribution in [0.2, 0.25) is 0 Å². The maximum absolute atomic E-state index is 12.7. The Kier molecular flexibility index (Phi) is 4.18. The second-order valence-corrected chi connectivity index (χ2v) is 6.54. The van der Waals surface area contributed by atoms with E-state index >= 15 is 0 Å². The lowest BCUT2D eigenvalue weighted by Gasteiger charge is -2.36. The van der Waals surface area contributed by atoms with Crippen LogP contribution in [0.5, 0.6) is 5.75 Å². The lowest BCUT2D eigenvalue weighted by molar-refractivity contribution is -0.137. The summed E-state index contributed by atoms with van der Waals surface area (Å²) in [5.74, 6) is 1.07. The quantitative estimate of drug-likeness (QED) is 0.767. The zero-order chi connectivity index (χ0) is 17.2. The van der Waals surface area contributed by atoms with Crippen LogP contribution in [0, 0.1) is 0 Å². The van der Waals surface area contributed by atoms with E-state index in [9.17, 15) is 4.79 Å². The van der Waals surface area contributed by atoms with E-state index in [1.54, 1.807) is 7.11 Å². The van der Waals surface area contributed by atoms with Crippen molar-refractivity contribution in [3.05, 3.63) is 65.9 Å². The summed E-state index contributed by atoms with van der Waals surface area (Å²) in [7, 11) is 1.68.